The largest absolute Gasteiger partial charge is 0.388 e. The van der Waals surface area contributed by atoms with E-state index in [1.54, 1.807) is 31.5 Å². The third kappa shape index (κ3) is 2.31. The van der Waals surface area contributed by atoms with E-state index < -0.39 is 6.10 Å². The van der Waals surface area contributed by atoms with Crippen molar-refractivity contribution in [3.05, 3.63) is 30.1 Å². The van der Waals surface area contributed by atoms with E-state index in [0.717, 1.165) is 5.56 Å². The third-order valence-electron chi connectivity index (χ3n) is 1.55. The quantitative estimate of drug-likeness (QED) is 0.717. The van der Waals surface area contributed by atoms with Gasteiger partial charge in [0.1, 0.15) is 0 Å². The summed E-state index contributed by atoms with van der Waals surface area (Å²) in [5, 5.41) is 9.54. The highest BCUT2D eigenvalue weighted by atomic mass is 16.3. The van der Waals surface area contributed by atoms with Crippen LogP contribution < -0.4 is 0 Å². The molecule has 2 heteroatoms. The first kappa shape index (κ1) is 6.80. The molecule has 0 aliphatic rings. The Kier molecular flexibility index (Phi) is 2.52. The Morgan fingerprint density at radius 3 is 2.82 bits per heavy atom. The van der Waals surface area contributed by atoms with Crippen molar-refractivity contribution in [1.82, 2.24) is 4.98 Å². The summed E-state index contributed by atoms with van der Waals surface area (Å²) in [5.41, 5.74) is 0.837. The highest BCUT2D eigenvalue weighted by Crippen LogP contribution is 2.15. The van der Waals surface area contributed by atoms with E-state index in [1.807, 2.05) is 0 Å². The van der Waals surface area contributed by atoms with E-state index in [-0.39, 0.29) is 6.40 Å². The van der Waals surface area contributed by atoms with Crippen molar-refractivity contribution in [2.45, 2.75) is 25.8 Å². The minimum atomic E-state index is -0.527. The van der Waals surface area contributed by atoms with Gasteiger partial charge in [-0.25, -0.2) is 0 Å². The number of nitrogens with zero attached hydrogens (tertiary/aromatic N) is 1. The maximum Gasteiger partial charge on any atom is 0.0791 e. The highest BCUT2D eigenvalue weighted by molar-refractivity contribution is 5.12. The van der Waals surface area contributed by atoms with Crippen LogP contribution in [-0.4, -0.2) is 10.1 Å². The zero-order valence-corrected chi connectivity index (χ0v) is 6.57. The minimum Gasteiger partial charge on any atom is -0.388 e. The molecule has 0 bridgehead atoms. The van der Waals surface area contributed by atoms with Crippen molar-refractivity contribution in [2.75, 3.05) is 0 Å². The molecule has 11 heavy (non-hydrogen) atoms. The van der Waals surface area contributed by atoms with E-state index in [4.69, 9.17) is 1.37 Å². The first-order chi connectivity index (χ1) is 5.70. The van der Waals surface area contributed by atoms with Crippen LogP contribution in [0.5, 0.6) is 0 Å². The fourth-order valence-electron chi connectivity index (χ4n) is 0.945. The highest BCUT2D eigenvalue weighted by Gasteiger charge is 2.03. The normalized spacial score (nSPS) is 17.1. The smallest absolute Gasteiger partial charge is 0.0791 e. The summed E-state index contributed by atoms with van der Waals surface area (Å²) in [5.74, 6) is 0. The lowest BCUT2D eigenvalue weighted by Crippen LogP contribution is -1.95. The standard InChI is InChI=1S/C9H13NO/c1-2-3-9(11)8-4-6-10-7-5-8/h4-7,9,11H,2-3H2,1H3/i2D. The Hall–Kier alpha value is -0.890. The van der Waals surface area contributed by atoms with E-state index in [0.29, 0.717) is 6.42 Å². The Labute approximate surface area is 68.3 Å². The molecule has 1 heterocycles. The molecule has 0 aliphatic heterocycles. The van der Waals surface area contributed by atoms with E-state index >= 15 is 0 Å². The molecule has 1 aromatic rings. The second-order valence-corrected chi connectivity index (χ2v) is 2.44. The summed E-state index contributed by atoms with van der Waals surface area (Å²) < 4.78 is 7.28. The Balaban J connectivity index is 2.59. The van der Waals surface area contributed by atoms with Crippen LogP contribution in [-0.2, 0) is 0 Å². The summed E-state index contributed by atoms with van der Waals surface area (Å²) in [4.78, 5) is 3.85. The zero-order chi connectivity index (χ0) is 8.97. The first-order valence-corrected chi connectivity index (χ1v) is 3.70. The summed E-state index contributed by atoms with van der Waals surface area (Å²) in [6.07, 6.45) is 3.01. The molecule has 0 saturated carbocycles. The summed E-state index contributed by atoms with van der Waals surface area (Å²) in [6.45, 7) is 1.77. The molecule has 60 valence electrons. The van der Waals surface area contributed by atoms with Crippen LogP contribution in [0.1, 0.15) is 32.8 Å². The molecule has 2 unspecified atom stereocenters. The average Bonchev–Trinajstić information content (AvgIpc) is 2.05. The van der Waals surface area contributed by atoms with Crippen LogP contribution >= 0.6 is 0 Å². The Morgan fingerprint density at radius 1 is 1.64 bits per heavy atom. The minimum absolute atomic E-state index is 0.229. The molecular formula is C9H13NO. The predicted molar refractivity (Wildman–Crippen MR) is 44.1 cm³/mol. The molecule has 0 fully saturated rings. The average molecular weight is 152 g/mol. The molecule has 1 rings (SSSR count). The van der Waals surface area contributed by atoms with E-state index in [2.05, 4.69) is 4.98 Å². The van der Waals surface area contributed by atoms with Crippen LogP contribution in [0.2, 0.25) is 0 Å². The molecule has 0 aromatic carbocycles. The number of hydrogen-bond donors (Lipinski definition) is 1. The van der Waals surface area contributed by atoms with Gasteiger partial charge in [-0.05, 0) is 24.1 Å². The van der Waals surface area contributed by atoms with Gasteiger partial charge in [-0.15, -0.1) is 0 Å². The molecule has 2 atom stereocenters. The molecule has 0 aliphatic carbocycles. The van der Waals surface area contributed by atoms with Crippen LogP contribution in [0.15, 0.2) is 24.5 Å². The fraction of sp³-hybridized carbons (Fsp3) is 0.444. The maximum absolute atomic E-state index is 9.54. The number of aliphatic hydroxyl groups is 1. The number of pyridine rings is 1. The topological polar surface area (TPSA) is 33.1 Å². The molecular weight excluding hydrogens is 138 g/mol. The van der Waals surface area contributed by atoms with Gasteiger partial charge < -0.3 is 5.11 Å². The molecule has 1 N–H and O–H groups in total. The lowest BCUT2D eigenvalue weighted by molar-refractivity contribution is 0.166. The van der Waals surface area contributed by atoms with Crippen LogP contribution in [0, 0.1) is 0 Å². The second kappa shape index (κ2) is 4.09. The van der Waals surface area contributed by atoms with Crippen molar-refractivity contribution >= 4 is 0 Å². The van der Waals surface area contributed by atoms with E-state index in [1.165, 1.54) is 0 Å². The first-order valence-electron chi connectivity index (χ1n) is 4.28. The van der Waals surface area contributed by atoms with Gasteiger partial charge in [0.2, 0.25) is 0 Å². The Bertz CT molecular complexity index is 225. The van der Waals surface area contributed by atoms with Gasteiger partial charge >= 0.3 is 0 Å². The van der Waals surface area contributed by atoms with Gasteiger partial charge in [-0.2, -0.15) is 0 Å². The molecule has 1 aromatic heterocycles. The number of aromatic nitrogens is 1. The number of rotatable bonds is 3. The van der Waals surface area contributed by atoms with Crippen molar-refractivity contribution < 1.29 is 6.48 Å². The van der Waals surface area contributed by atoms with Crippen molar-refractivity contribution in [2.24, 2.45) is 0 Å². The lowest BCUT2D eigenvalue weighted by atomic mass is 10.1. The fourth-order valence-corrected chi connectivity index (χ4v) is 0.945. The van der Waals surface area contributed by atoms with Crippen LogP contribution in [0.4, 0.5) is 0 Å². The maximum atomic E-state index is 9.54. The summed E-state index contributed by atoms with van der Waals surface area (Å²) in [7, 11) is 0. The molecule has 0 spiro atoms. The van der Waals surface area contributed by atoms with Gasteiger partial charge in [0.25, 0.3) is 0 Å². The number of aliphatic hydroxyl groups excluding tert-OH is 1. The molecule has 0 saturated heterocycles. The second-order valence-electron chi connectivity index (χ2n) is 2.44. The molecule has 0 amide bonds. The van der Waals surface area contributed by atoms with Gasteiger partial charge in [-0.1, -0.05) is 13.3 Å². The molecule has 2 nitrogen and oxygen atoms in total. The van der Waals surface area contributed by atoms with Crippen LogP contribution in [0.3, 0.4) is 0 Å². The van der Waals surface area contributed by atoms with Gasteiger partial charge in [-0.3, -0.25) is 4.98 Å². The predicted octanol–water partition coefficient (Wildman–Crippen LogP) is 1.92. The number of hydrogen-bond acceptors (Lipinski definition) is 2. The van der Waals surface area contributed by atoms with Gasteiger partial charge in [0.15, 0.2) is 0 Å². The zero-order valence-electron chi connectivity index (χ0n) is 7.57. The third-order valence-corrected chi connectivity index (χ3v) is 1.55. The summed E-state index contributed by atoms with van der Waals surface area (Å²) >= 11 is 0. The summed E-state index contributed by atoms with van der Waals surface area (Å²) in [6, 6.07) is 3.54. The van der Waals surface area contributed by atoms with Gasteiger partial charge in [0.05, 0.1) is 6.10 Å². The van der Waals surface area contributed by atoms with Crippen LogP contribution in [0.25, 0.3) is 0 Å². The van der Waals surface area contributed by atoms with Gasteiger partial charge in [0, 0.05) is 13.8 Å². The Morgan fingerprint density at radius 2 is 2.27 bits per heavy atom. The molecule has 0 radical (unpaired) electrons. The monoisotopic (exact) mass is 152 g/mol. The van der Waals surface area contributed by atoms with Crippen molar-refractivity contribution in [3.63, 3.8) is 0 Å². The van der Waals surface area contributed by atoms with Crippen molar-refractivity contribution in [3.8, 4) is 0 Å². The van der Waals surface area contributed by atoms with E-state index in [9.17, 15) is 5.11 Å². The SMILES string of the molecule is [2H]C(C)CC(O)c1ccncc1. The van der Waals surface area contributed by atoms with Crippen molar-refractivity contribution in [1.29, 1.82) is 0 Å². The lowest BCUT2D eigenvalue weighted by Gasteiger charge is -2.07.